The molecular formula is C10H12INO2S. The highest BCUT2D eigenvalue weighted by atomic mass is 127. The molecule has 0 bridgehead atoms. The van der Waals surface area contributed by atoms with Crippen molar-refractivity contribution in [3.63, 3.8) is 0 Å². The lowest BCUT2D eigenvalue weighted by atomic mass is 10.2. The van der Waals surface area contributed by atoms with Crippen LogP contribution < -0.4 is 28.7 Å². The van der Waals surface area contributed by atoms with Crippen LogP contribution in [0, 0.1) is 12.3 Å². The van der Waals surface area contributed by atoms with Gasteiger partial charge >= 0.3 is 0 Å². The molecule has 2 rings (SSSR count). The second-order valence-electron chi connectivity index (χ2n) is 3.26. The molecule has 0 fully saturated rings. The van der Waals surface area contributed by atoms with Crippen LogP contribution in [0.5, 0.6) is 5.88 Å². The lowest BCUT2D eigenvalue weighted by Gasteiger charge is -2.09. The van der Waals surface area contributed by atoms with Gasteiger partial charge in [0.25, 0.3) is 5.88 Å². The molecule has 0 saturated carbocycles. The van der Waals surface area contributed by atoms with E-state index < -0.39 is 0 Å². The Labute approximate surface area is 109 Å². The van der Waals surface area contributed by atoms with Gasteiger partial charge in [-0.2, -0.15) is 0 Å². The van der Waals surface area contributed by atoms with E-state index in [1.165, 1.54) is 5.75 Å². The van der Waals surface area contributed by atoms with Gasteiger partial charge in [-0.1, -0.05) is 5.92 Å². The van der Waals surface area contributed by atoms with Crippen molar-refractivity contribution >= 4 is 10.9 Å². The van der Waals surface area contributed by atoms with Crippen molar-refractivity contribution in [2.24, 2.45) is 0 Å². The maximum atomic E-state index is 5.31. The Hall–Kier alpha value is -0.350. The number of hydrogen-bond acceptors (Lipinski definition) is 3. The van der Waals surface area contributed by atoms with Crippen molar-refractivity contribution in [1.29, 1.82) is 0 Å². The predicted molar refractivity (Wildman–Crippen MR) is 56.4 cm³/mol. The van der Waals surface area contributed by atoms with E-state index in [1.54, 1.807) is 0 Å². The first-order valence-corrected chi connectivity index (χ1v) is 6.41. The molecule has 0 spiro atoms. The molecule has 0 radical (unpaired) electrons. The molecule has 1 aromatic heterocycles. The molecule has 0 aromatic carbocycles. The van der Waals surface area contributed by atoms with E-state index in [1.807, 2.05) is 0 Å². The van der Waals surface area contributed by atoms with Gasteiger partial charge in [0.1, 0.15) is 17.1 Å². The third kappa shape index (κ3) is 2.82. The highest BCUT2D eigenvalue weighted by molar-refractivity contribution is 7.95. The molecule has 0 saturated heterocycles. The van der Waals surface area contributed by atoms with E-state index in [4.69, 9.17) is 15.7 Å². The summed E-state index contributed by atoms with van der Waals surface area (Å²) >= 11 is 0. The maximum Gasteiger partial charge on any atom is 0.263 e. The molecule has 1 aliphatic rings. The number of fused-ring (bicyclic) bond motifs is 1. The summed E-state index contributed by atoms with van der Waals surface area (Å²) in [5.74, 6) is 6.20. The first-order chi connectivity index (χ1) is 6.81. The first kappa shape index (κ1) is 12.7. The van der Waals surface area contributed by atoms with Gasteiger partial charge in [0.05, 0.1) is 12.7 Å². The molecule has 1 aliphatic heterocycles. The van der Waals surface area contributed by atoms with Crippen LogP contribution in [0.3, 0.4) is 0 Å². The smallest absolute Gasteiger partial charge is 0.263 e. The van der Waals surface area contributed by atoms with Crippen molar-refractivity contribution in [3.05, 3.63) is 11.3 Å². The van der Waals surface area contributed by atoms with E-state index in [0.29, 0.717) is 16.8 Å². The number of aryl methyl sites for hydroxylation is 1. The van der Waals surface area contributed by atoms with Crippen LogP contribution in [0.1, 0.15) is 11.3 Å². The fraction of sp³-hybridized carbons (Fsp3) is 0.500. The second-order valence-corrected chi connectivity index (χ2v) is 5.52. The van der Waals surface area contributed by atoms with Crippen LogP contribution in [-0.2, 0) is 23.1 Å². The summed E-state index contributed by atoms with van der Waals surface area (Å²) in [6, 6.07) is 0. The zero-order valence-electron chi connectivity index (χ0n) is 8.46. The standard InChI is InChI=1S/C10H12NO2S.HI/c1-3-5-12-10-8-7-14(2)6-4-9(8)13-11-10;/h1H,4-7H2,2H3;1H/q+1;/p-1. The summed E-state index contributed by atoms with van der Waals surface area (Å²) in [6.07, 6.45) is 8.34. The summed E-state index contributed by atoms with van der Waals surface area (Å²) < 4.78 is 10.5. The lowest BCUT2D eigenvalue weighted by molar-refractivity contribution is -0.00000370. The Morgan fingerprint density at radius 2 is 2.47 bits per heavy atom. The SMILES string of the molecule is C#CCOc1noc2c1C[S+](C)CC2.[I-]. The molecule has 0 N–H and O–H groups in total. The van der Waals surface area contributed by atoms with Crippen molar-refractivity contribution < 1.29 is 33.2 Å². The molecule has 1 atom stereocenters. The molecule has 15 heavy (non-hydrogen) atoms. The minimum Gasteiger partial charge on any atom is -1.00 e. The van der Waals surface area contributed by atoms with Crippen LogP contribution in [0.15, 0.2) is 4.52 Å². The Bertz CT molecular complexity index is 372. The van der Waals surface area contributed by atoms with Gasteiger partial charge in [-0.25, -0.2) is 0 Å². The molecule has 5 heteroatoms. The lowest BCUT2D eigenvalue weighted by Crippen LogP contribution is -3.00. The molecule has 0 aliphatic carbocycles. The number of hydrogen-bond donors (Lipinski definition) is 0. The van der Waals surface area contributed by atoms with Gasteiger partial charge in [0, 0.05) is 0 Å². The topological polar surface area (TPSA) is 35.3 Å². The van der Waals surface area contributed by atoms with E-state index in [-0.39, 0.29) is 30.6 Å². The normalized spacial score (nSPS) is 18.5. The number of rotatable bonds is 2. The summed E-state index contributed by atoms with van der Waals surface area (Å²) in [5.41, 5.74) is 1.12. The number of terminal acetylenes is 1. The predicted octanol–water partition coefficient (Wildman–Crippen LogP) is -2.01. The van der Waals surface area contributed by atoms with Gasteiger partial charge in [0.2, 0.25) is 0 Å². The van der Waals surface area contributed by atoms with Crippen LogP contribution >= 0.6 is 0 Å². The highest BCUT2D eigenvalue weighted by Gasteiger charge is 2.29. The Morgan fingerprint density at radius 1 is 1.67 bits per heavy atom. The Morgan fingerprint density at radius 3 is 3.20 bits per heavy atom. The van der Waals surface area contributed by atoms with Crippen LogP contribution in [0.4, 0.5) is 0 Å². The van der Waals surface area contributed by atoms with Gasteiger partial charge in [-0.05, 0) is 16.1 Å². The Balaban J connectivity index is 0.00000112. The molecule has 1 aromatic rings. The number of aromatic nitrogens is 1. The van der Waals surface area contributed by atoms with Crippen LogP contribution in [0.2, 0.25) is 0 Å². The minimum atomic E-state index is 0. The van der Waals surface area contributed by atoms with Gasteiger partial charge in [0.15, 0.2) is 12.4 Å². The molecule has 2 heterocycles. The van der Waals surface area contributed by atoms with Crippen molar-refractivity contribution in [3.8, 4) is 18.2 Å². The zero-order chi connectivity index (χ0) is 9.97. The third-order valence-corrected chi connectivity index (χ3v) is 3.88. The number of ether oxygens (including phenoxy) is 1. The van der Waals surface area contributed by atoms with Gasteiger partial charge in [-0.15, -0.1) is 6.42 Å². The van der Waals surface area contributed by atoms with Crippen LogP contribution in [-0.4, -0.2) is 23.8 Å². The first-order valence-electron chi connectivity index (χ1n) is 4.44. The molecule has 1 unspecified atom stereocenters. The van der Waals surface area contributed by atoms with Crippen molar-refractivity contribution in [1.82, 2.24) is 5.16 Å². The monoisotopic (exact) mass is 337 g/mol. The van der Waals surface area contributed by atoms with Crippen molar-refractivity contribution in [2.75, 3.05) is 18.6 Å². The van der Waals surface area contributed by atoms with E-state index >= 15 is 0 Å². The molecule has 82 valence electrons. The summed E-state index contributed by atoms with van der Waals surface area (Å²) in [7, 11) is 0.423. The molecule has 0 amide bonds. The zero-order valence-corrected chi connectivity index (χ0v) is 11.4. The van der Waals surface area contributed by atoms with E-state index in [0.717, 1.165) is 23.5 Å². The molecular weight excluding hydrogens is 325 g/mol. The summed E-state index contributed by atoms with van der Waals surface area (Å²) in [6.45, 7) is 0.260. The fourth-order valence-electron chi connectivity index (χ4n) is 1.47. The average Bonchev–Trinajstić information content (AvgIpc) is 2.57. The number of nitrogens with zero attached hydrogens (tertiary/aromatic N) is 1. The van der Waals surface area contributed by atoms with Crippen LogP contribution in [0.25, 0.3) is 0 Å². The Kier molecular flexibility index (Phi) is 4.80. The average molecular weight is 337 g/mol. The quantitative estimate of drug-likeness (QED) is 0.356. The molecule has 3 nitrogen and oxygen atoms in total. The van der Waals surface area contributed by atoms with E-state index in [2.05, 4.69) is 17.3 Å². The number of halogens is 1. The van der Waals surface area contributed by atoms with Crippen molar-refractivity contribution in [2.45, 2.75) is 12.2 Å². The van der Waals surface area contributed by atoms with Gasteiger partial charge < -0.3 is 33.2 Å². The second kappa shape index (κ2) is 5.66. The minimum absolute atomic E-state index is 0. The third-order valence-electron chi connectivity index (χ3n) is 2.19. The van der Waals surface area contributed by atoms with Gasteiger partial charge in [-0.3, -0.25) is 0 Å². The largest absolute Gasteiger partial charge is 1.00 e. The fourth-order valence-corrected chi connectivity index (χ4v) is 2.93. The summed E-state index contributed by atoms with van der Waals surface area (Å²) in [4.78, 5) is 0. The maximum absolute atomic E-state index is 5.31. The highest BCUT2D eigenvalue weighted by Crippen LogP contribution is 2.28. The van der Waals surface area contributed by atoms with E-state index in [9.17, 15) is 0 Å². The summed E-state index contributed by atoms with van der Waals surface area (Å²) in [5, 5.41) is 3.88.